The van der Waals surface area contributed by atoms with Crippen molar-refractivity contribution in [1.82, 2.24) is 34.5 Å². The largest absolute Gasteiger partial charge is 0.468 e. The number of benzene rings is 2. The zero-order valence-electron chi connectivity index (χ0n) is 30.8. The van der Waals surface area contributed by atoms with Crippen LogP contribution >= 0.6 is 0 Å². The fourth-order valence-corrected chi connectivity index (χ4v) is 8.48. The van der Waals surface area contributed by atoms with Crippen molar-refractivity contribution in [2.45, 2.75) is 64.2 Å². The molecule has 0 saturated carbocycles. The Kier molecular flexibility index (Phi) is 9.54. The first-order valence-electron chi connectivity index (χ1n) is 18.4. The van der Waals surface area contributed by atoms with E-state index in [2.05, 4.69) is 20.0 Å². The lowest BCUT2D eigenvalue weighted by atomic mass is 9.94. The Morgan fingerprint density at radius 2 is 1.93 bits per heavy atom. The van der Waals surface area contributed by atoms with Crippen LogP contribution in [0.25, 0.3) is 32.9 Å². The molecule has 3 fully saturated rings. The van der Waals surface area contributed by atoms with Crippen LogP contribution in [0.3, 0.4) is 0 Å². The molecule has 15 heteroatoms. The number of rotatable bonds is 9. The number of ether oxygens (including phenoxy) is 3. The van der Waals surface area contributed by atoms with Gasteiger partial charge in [0.15, 0.2) is 12.6 Å². The molecule has 0 spiro atoms. The van der Waals surface area contributed by atoms with Crippen molar-refractivity contribution in [1.29, 1.82) is 0 Å². The summed E-state index contributed by atoms with van der Waals surface area (Å²) in [6.45, 7) is 7.99. The number of nitrogens with zero attached hydrogens (tertiary/aromatic N) is 8. The Bertz CT molecular complexity index is 2240. The smallest absolute Gasteiger partial charge is 0.345 e. The number of fused-ring (bicyclic) bond motifs is 3. The van der Waals surface area contributed by atoms with E-state index in [1.165, 1.54) is 24.1 Å². The van der Waals surface area contributed by atoms with Gasteiger partial charge in [0.05, 0.1) is 16.6 Å². The van der Waals surface area contributed by atoms with Gasteiger partial charge < -0.3 is 24.0 Å². The Morgan fingerprint density at radius 3 is 2.69 bits per heavy atom. The van der Waals surface area contributed by atoms with E-state index in [4.69, 9.17) is 19.2 Å². The number of amides is 1. The lowest BCUT2D eigenvalue weighted by Crippen LogP contribution is -2.55. The minimum Gasteiger partial charge on any atom is -0.468 e. The predicted octanol–water partition coefficient (Wildman–Crippen LogP) is 6.31. The highest BCUT2D eigenvalue weighted by Gasteiger charge is 2.49. The Balaban J connectivity index is 1.22. The number of pyridine rings is 1. The van der Waals surface area contributed by atoms with Crippen LogP contribution in [0.15, 0.2) is 42.7 Å². The Labute approximate surface area is 310 Å². The highest BCUT2D eigenvalue weighted by Crippen LogP contribution is 2.42. The summed E-state index contributed by atoms with van der Waals surface area (Å²) in [5, 5.41) is 5.81. The van der Waals surface area contributed by atoms with E-state index in [0.29, 0.717) is 77.9 Å². The van der Waals surface area contributed by atoms with Gasteiger partial charge in [-0.25, -0.2) is 18.0 Å². The molecule has 8 rings (SSSR count). The second-order valence-electron chi connectivity index (χ2n) is 14.5. The lowest BCUT2D eigenvalue weighted by Gasteiger charge is -2.40. The topological polar surface area (TPSA) is 111 Å². The average molecular weight is 745 g/mol. The third kappa shape index (κ3) is 6.36. The number of hydrogen-bond donors (Lipinski definition) is 0. The van der Waals surface area contributed by atoms with Gasteiger partial charge in [0.1, 0.15) is 41.4 Å². The third-order valence-corrected chi connectivity index (χ3v) is 11.1. The monoisotopic (exact) mass is 744 g/mol. The number of anilines is 1. The Morgan fingerprint density at radius 1 is 1.07 bits per heavy atom. The molecule has 3 aliphatic heterocycles. The van der Waals surface area contributed by atoms with Gasteiger partial charge in [-0.2, -0.15) is 19.7 Å². The first-order chi connectivity index (χ1) is 26.1. The van der Waals surface area contributed by atoms with Crippen molar-refractivity contribution in [2.75, 3.05) is 58.1 Å². The van der Waals surface area contributed by atoms with Gasteiger partial charge in [-0.3, -0.25) is 9.88 Å². The summed E-state index contributed by atoms with van der Waals surface area (Å²) in [6, 6.07) is 7.66. The molecule has 2 aromatic carbocycles. The Hall–Kier alpha value is -5.02. The molecule has 1 unspecified atom stereocenters. The molecule has 3 saturated heterocycles. The number of carbonyl (C=O) groups excluding carboxylic acids is 1. The van der Waals surface area contributed by atoms with Crippen LogP contribution in [-0.4, -0.2) is 112 Å². The van der Waals surface area contributed by atoms with Gasteiger partial charge in [-0.15, -0.1) is 0 Å². The van der Waals surface area contributed by atoms with E-state index in [-0.39, 0.29) is 42.7 Å². The summed E-state index contributed by atoms with van der Waals surface area (Å²) in [7, 11) is 1.50. The lowest BCUT2D eigenvalue weighted by molar-refractivity contribution is 0.0512. The van der Waals surface area contributed by atoms with Crippen molar-refractivity contribution in [2.24, 2.45) is 0 Å². The molecule has 5 aromatic rings. The molecule has 0 N–H and O–H groups in total. The number of hydrogen-bond acceptors (Lipinski definition) is 10. The van der Waals surface area contributed by atoms with Crippen LogP contribution in [-0.2, 0) is 11.2 Å². The molecule has 1 amide bonds. The van der Waals surface area contributed by atoms with Crippen molar-refractivity contribution in [3.8, 4) is 23.0 Å². The maximum absolute atomic E-state index is 17.3. The maximum atomic E-state index is 17.3. The van der Waals surface area contributed by atoms with Crippen LogP contribution in [0, 0.1) is 18.6 Å². The van der Waals surface area contributed by atoms with Crippen molar-refractivity contribution >= 4 is 33.5 Å². The molecule has 0 radical (unpaired) electrons. The van der Waals surface area contributed by atoms with Crippen molar-refractivity contribution < 1.29 is 32.2 Å². The van der Waals surface area contributed by atoms with Gasteiger partial charge in [-0.1, -0.05) is 13.0 Å². The molecule has 284 valence electrons. The van der Waals surface area contributed by atoms with Crippen LogP contribution in [0.4, 0.5) is 23.8 Å². The summed E-state index contributed by atoms with van der Waals surface area (Å²) < 4.78 is 65.7. The number of carbonyl (C=O) groups is 1. The summed E-state index contributed by atoms with van der Waals surface area (Å²) in [5.74, 6) is -0.342. The molecular weight excluding hydrogens is 701 g/mol. The van der Waals surface area contributed by atoms with E-state index in [1.54, 1.807) is 35.4 Å². The number of halogens is 3. The minimum absolute atomic E-state index is 0.0282. The molecule has 6 heterocycles. The number of aryl methyl sites for hydroxylation is 2. The van der Waals surface area contributed by atoms with Crippen LogP contribution in [0.1, 0.15) is 44.4 Å². The normalized spacial score (nSPS) is 21.7. The van der Waals surface area contributed by atoms with E-state index < -0.39 is 23.3 Å². The van der Waals surface area contributed by atoms with E-state index >= 15 is 8.78 Å². The van der Waals surface area contributed by atoms with Crippen LogP contribution in [0.5, 0.6) is 11.8 Å². The van der Waals surface area contributed by atoms with E-state index in [1.807, 2.05) is 25.7 Å². The number of alkyl halides is 1. The third-order valence-electron chi connectivity index (χ3n) is 11.1. The van der Waals surface area contributed by atoms with Gasteiger partial charge in [0, 0.05) is 63.7 Å². The molecular formula is C39H43F3N8O4. The predicted molar refractivity (Wildman–Crippen MR) is 197 cm³/mol. The fourth-order valence-electron chi connectivity index (χ4n) is 8.48. The van der Waals surface area contributed by atoms with Crippen LogP contribution < -0.4 is 14.4 Å². The summed E-state index contributed by atoms with van der Waals surface area (Å²) >= 11 is 0. The first-order valence-corrected chi connectivity index (χ1v) is 18.4. The molecule has 54 heavy (non-hydrogen) atoms. The van der Waals surface area contributed by atoms with Gasteiger partial charge in [-0.05, 0) is 80.3 Å². The van der Waals surface area contributed by atoms with E-state index in [9.17, 15) is 9.18 Å². The second-order valence-corrected chi connectivity index (χ2v) is 14.5. The molecule has 0 bridgehead atoms. The van der Waals surface area contributed by atoms with Gasteiger partial charge in [0.2, 0.25) is 0 Å². The molecule has 3 atom stereocenters. The molecule has 3 aromatic heterocycles. The summed E-state index contributed by atoms with van der Waals surface area (Å²) in [5.41, 5.74) is 0.951. The van der Waals surface area contributed by atoms with Gasteiger partial charge >= 0.3 is 12.0 Å². The summed E-state index contributed by atoms with van der Waals surface area (Å²) in [6.07, 6.45) is 4.65. The highest BCUT2D eigenvalue weighted by molar-refractivity contribution is 6.02. The van der Waals surface area contributed by atoms with Crippen molar-refractivity contribution in [3.63, 3.8) is 0 Å². The molecule has 3 aliphatic rings. The fraction of sp³-hybridized carbons (Fsp3) is 0.462. The maximum Gasteiger partial charge on any atom is 0.345 e. The zero-order valence-corrected chi connectivity index (χ0v) is 30.8. The van der Waals surface area contributed by atoms with Crippen molar-refractivity contribution in [3.05, 3.63) is 65.6 Å². The quantitative estimate of drug-likeness (QED) is 0.159. The minimum atomic E-state index is -0.949. The number of methoxy groups -OCH3 is 1. The number of aromatic nitrogens is 5. The first kappa shape index (κ1) is 36.0. The highest BCUT2D eigenvalue weighted by atomic mass is 19.1. The van der Waals surface area contributed by atoms with E-state index in [0.717, 1.165) is 25.1 Å². The zero-order chi connectivity index (χ0) is 37.7. The summed E-state index contributed by atoms with van der Waals surface area (Å²) in [4.78, 5) is 33.3. The SMILES string of the molecule is CCc1c(F)ccc2cc(OCOC)cc(-c3ncc4c(N5CCN(C(=O)n6ccc(C)n6)C(C)C5)nc(OC[C@@]56CCCN5C[C@H](F)C6)nc4c3F)c12. The molecule has 0 aliphatic carbocycles. The van der Waals surface area contributed by atoms with Gasteiger partial charge in [0.25, 0.3) is 0 Å². The second kappa shape index (κ2) is 14.3. The standard InChI is InChI=1S/C39H43F3N8O4/c1-5-28-31(41)8-7-25-15-27(54-22-52-4)16-29(32(25)28)34-33(42)35-30(18-43-34)36(45-37(44-35)53-21-39-10-6-11-48(39)20-26(40)17-39)47-13-14-49(24(3)19-47)38(51)50-12-9-23(2)46-50/h7-9,12,15-16,18,24,26H,5-6,10-11,13-14,17,19-22H2,1-4H3/t24?,26-,39+/m1/s1. The number of piperazine rings is 1. The molecule has 12 nitrogen and oxygen atoms in total. The average Bonchev–Trinajstić information content (AvgIpc) is 3.86. The van der Waals surface area contributed by atoms with Crippen LogP contribution in [0.2, 0.25) is 0 Å².